The lowest BCUT2D eigenvalue weighted by Gasteiger charge is -2.17. The van der Waals surface area contributed by atoms with Gasteiger partial charge in [-0.3, -0.25) is 9.13 Å². The van der Waals surface area contributed by atoms with E-state index in [4.69, 9.17) is 14.4 Å². The molecular formula is C46H24N4O. The van der Waals surface area contributed by atoms with Crippen LogP contribution in [0, 0.1) is 0 Å². The van der Waals surface area contributed by atoms with E-state index in [1.807, 2.05) is 0 Å². The molecule has 0 aliphatic heterocycles. The Morgan fingerprint density at radius 1 is 0.373 bits per heavy atom. The molecule has 234 valence electrons. The van der Waals surface area contributed by atoms with Gasteiger partial charge in [0.2, 0.25) is 0 Å². The molecule has 1 aliphatic carbocycles. The molecule has 5 nitrogen and oxygen atoms in total. The molecule has 0 atom stereocenters. The van der Waals surface area contributed by atoms with E-state index >= 15 is 0 Å². The number of hydrogen-bond acceptors (Lipinski definition) is 3. The van der Waals surface area contributed by atoms with Crippen molar-refractivity contribution in [1.29, 1.82) is 0 Å². The van der Waals surface area contributed by atoms with Gasteiger partial charge in [0.15, 0.2) is 11.6 Å². The molecule has 8 aromatic carbocycles. The van der Waals surface area contributed by atoms with Crippen LogP contribution in [0.25, 0.3) is 121 Å². The molecule has 0 saturated carbocycles. The number of nitrogens with zero attached hydrogens (tertiary/aromatic N) is 4. The van der Waals surface area contributed by atoms with Gasteiger partial charge >= 0.3 is 0 Å². The van der Waals surface area contributed by atoms with Crippen LogP contribution in [0.1, 0.15) is 0 Å². The summed E-state index contributed by atoms with van der Waals surface area (Å²) in [4.78, 5) is 11.3. The summed E-state index contributed by atoms with van der Waals surface area (Å²) in [5.74, 6) is 1.58. The van der Waals surface area contributed by atoms with Crippen LogP contribution < -0.4 is 0 Å². The van der Waals surface area contributed by atoms with E-state index in [0.717, 1.165) is 72.1 Å². The summed E-state index contributed by atoms with van der Waals surface area (Å²) in [6, 6.07) is 51.9. The molecule has 0 radical (unpaired) electrons. The SMILES string of the molecule is c1ccc2c(c1)ccc1nc(-n3c4ccc5cccc6c5c4c4c5c(ccc43)oc3cccc-6c35)c(-n3c4ccccc4c4ccccc43)nc12. The number of para-hydroxylation sites is 2. The second kappa shape index (κ2) is 8.97. The number of furan rings is 1. The van der Waals surface area contributed by atoms with E-state index in [0.29, 0.717) is 0 Å². The van der Waals surface area contributed by atoms with Crippen LogP contribution in [-0.4, -0.2) is 19.1 Å². The molecule has 1 aliphatic rings. The molecule has 12 aromatic rings. The lowest BCUT2D eigenvalue weighted by atomic mass is 9.95. The van der Waals surface area contributed by atoms with Crippen molar-refractivity contribution < 1.29 is 4.42 Å². The van der Waals surface area contributed by atoms with Crippen LogP contribution in [0.4, 0.5) is 0 Å². The first-order valence-corrected chi connectivity index (χ1v) is 17.3. The summed E-state index contributed by atoms with van der Waals surface area (Å²) < 4.78 is 11.2. The number of rotatable bonds is 2. The minimum atomic E-state index is 0.786. The molecule has 0 N–H and O–H groups in total. The largest absolute Gasteiger partial charge is 0.456 e. The van der Waals surface area contributed by atoms with Crippen LogP contribution >= 0.6 is 0 Å². The Hall–Kier alpha value is -6.98. The fraction of sp³-hybridized carbons (Fsp3) is 0. The van der Waals surface area contributed by atoms with E-state index in [2.05, 4.69) is 155 Å². The highest BCUT2D eigenvalue weighted by molar-refractivity contribution is 6.38. The van der Waals surface area contributed by atoms with Gasteiger partial charge in [-0.15, -0.1) is 0 Å². The lowest BCUT2D eigenvalue weighted by Crippen LogP contribution is -2.09. The molecular weight excluding hydrogens is 625 g/mol. The predicted molar refractivity (Wildman–Crippen MR) is 209 cm³/mol. The van der Waals surface area contributed by atoms with Gasteiger partial charge in [-0.1, -0.05) is 103 Å². The van der Waals surface area contributed by atoms with Crippen LogP contribution in [-0.2, 0) is 0 Å². The van der Waals surface area contributed by atoms with E-state index in [1.165, 1.54) is 48.8 Å². The molecule has 13 rings (SSSR count). The monoisotopic (exact) mass is 648 g/mol. The molecule has 0 spiro atoms. The first-order valence-electron chi connectivity index (χ1n) is 17.3. The smallest absolute Gasteiger partial charge is 0.182 e. The average molecular weight is 649 g/mol. The number of benzene rings is 8. The highest BCUT2D eigenvalue weighted by Crippen LogP contribution is 2.51. The van der Waals surface area contributed by atoms with Crippen molar-refractivity contribution in [2.45, 2.75) is 0 Å². The number of hydrogen-bond donors (Lipinski definition) is 0. The maximum atomic E-state index is 6.57. The summed E-state index contributed by atoms with van der Waals surface area (Å²) in [6.45, 7) is 0. The van der Waals surface area contributed by atoms with Gasteiger partial charge in [-0.2, -0.15) is 0 Å². The number of aromatic nitrogens is 4. The zero-order valence-electron chi connectivity index (χ0n) is 27.1. The van der Waals surface area contributed by atoms with Crippen molar-refractivity contribution in [2.75, 3.05) is 0 Å². The molecule has 0 unspecified atom stereocenters. The van der Waals surface area contributed by atoms with Crippen molar-refractivity contribution >= 4 is 98.1 Å². The summed E-state index contributed by atoms with van der Waals surface area (Å²) in [7, 11) is 0. The third-order valence-electron chi connectivity index (χ3n) is 11.2. The van der Waals surface area contributed by atoms with E-state index in [1.54, 1.807) is 0 Å². The van der Waals surface area contributed by atoms with Crippen LogP contribution in [0.2, 0.25) is 0 Å². The Kier molecular flexibility index (Phi) is 4.57. The molecule has 0 saturated heterocycles. The predicted octanol–water partition coefficient (Wildman–Crippen LogP) is 12.0. The minimum Gasteiger partial charge on any atom is -0.456 e. The van der Waals surface area contributed by atoms with Crippen molar-refractivity contribution in [3.05, 3.63) is 146 Å². The zero-order valence-corrected chi connectivity index (χ0v) is 27.1. The maximum Gasteiger partial charge on any atom is 0.182 e. The highest BCUT2D eigenvalue weighted by Gasteiger charge is 2.28. The Morgan fingerprint density at radius 3 is 1.78 bits per heavy atom. The molecule has 4 heterocycles. The third-order valence-corrected chi connectivity index (χ3v) is 11.2. The first-order chi connectivity index (χ1) is 25.3. The average Bonchev–Trinajstić information content (AvgIpc) is 3.81. The standard InChI is InChI=1S/C46H24N4O/c1-2-11-27-25(9-1)19-21-32-44(27)48-46(49-33-16-5-3-12-28(33)29-13-4-6-17-34(29)49)45(47-32)50-35-22-20-26-10-7-14-30-31-15-8-18-37-40(31)43-38(51-37)24-23-36(50)42(43)41(35)39(26)30/h1-24H. The highest BCUT2D eigenvalue weighted by atomic mass is 16.3. The van der Waals surface area contributed by atoms with Crippen molar-refractivity contribution in [3.63, 3.8) is 0 Å². The van der Waals surface area contributed by atoms with Gasteiger partial charge in [0.1, 0.15) is 11.2 Å². The molecule has 51 heavy (non-hydrogen) atoms. The Labute approximate surface area is 289 Å². The van der Waals surface area contributed by atoms with Crippen molar-refractivity contribution in [2.24, 2.45) is 0 Å². The topological polar surface area (TPSA) is 48.8 Å². The maximum absolute atomic E-state index is 6.57. The van der Waals surface area contributed by atoms with Crippen molar-refractivity contribution in [1.82, 2.24) is 19.1 Å². The fourth-order valence-corrected chi connectivity index (χ4v) is 9.17. The minimum absolute atomic E-state index is 0.786. The quantitative estimate of drug-likeness (QED) is 0.175. The zero-order chi connectivity index (χ0) is 32.9. The van der Waals surface area contributed by atoms with Crippen LogP contribution in [0.3, 0.4) is 0 Å². The molecule has 0 amide bonds. The number of fused-ring (bicyclic) bond motifs is 7. The van der Waals surface area contributed by atoms with Gasteiger partial charge in [0.05, 0.1) is 33.1 Å². The molecule has 5 heteroatoms. The van der Waals surface area contributed by atoms with E-state index in [-0.39, 0.29) is 0 Å². The molecule has 4 aromatic heterocycles. The summed E-state index contributed by atoms with van der Waals surface area (Å²) in [6.07, 6.45) is 0. The Balaban J connectivity index is 1.29. The van der Waals surface area contributed by atoms with E-state index in [9.17, 15) is 0 Å². The Bertz CT molecular complexity index is 3490. The summed E-state index contributed by atoms with van der Waals surface area (Å²) in [5, 5.41) is 11.8. The second-order valence-corrected chi connectivity index (χ2v) is 13.7. The van der Waals surface area contributed by atoms with Crippen LogP contribution in [0.5, 0.6) is 0 Å². The van der Waals surface area contributed by atoms with Gasteiger partial charge in [0, 0.05) is 37.7 Å². The van der Waals surface area contributed by atoms with Gasteiger partial charge in [-0.25, -0.2) is 9.97 Å². The first kappa shape index (κ1) is 26.0. The summed E-state index contributed by atoms with van der Waals surface area (Å²) in [5.41, 5.74) is 10.3. The van der Waals surface area contributed by atoms with Crippen molar-refractivity contribution in [3.8, 4) is 22.8 Å². The van der Waals surface area contributed by atoms with E-state index < -0.39 is 0 Å². The summed E-state index contributed by atoms with van der Waals surface area (Å²) >= 11 is 0. The third kappa shape index (κ3) is 3.09. The lowest BCUT2D eigenvalue weighted by molar-refractivity contribution is 0.669. The normalized spacial score (nSPS) is 12.7. The van der Waals surface area contributed by atoms with Crippen LogP contribution in [0.15, 0.2) is 150 Å². The fourth-order valence-electron chi connectivity index (χ4n) is 9.17. The molecule has 0 fully saturated rings. The molecule has 0 bridgehead atoms. The Morgan fingerprint density at radius 2 is 0.961 bits per heavy atom. The van der Waals surface area contributed by atoms with Gasteiger partial charge in [-0.05, 0) is 69.8 Å². The van der Waals surface area contributed by atoms with Gasteiger partial charge in [0.25, 0.3) is 0 Å². The van der Waals surface area contributed by atoms with Gasteiger partial charge < -0.3 is 4.42 Å². The second-order valence-electron chi connectivity index (χ2n) is 13.7.